The van der Waals surface area contributed by atoms with Crippen LogP contribution < -0.4 is 5.32 Å². The average molecular weight is 219 g/mol. The molecule has 0 fully saturated rings. The van der Waals surface area contributed by atoms with Crippen molar-refractivity contribution in [3.8, 4) is 0 Å². The maximum atomic E-state index is 13.0. The van der Waals surface area contributed by atoms with Crippen molar-refractivity contribution in [2.45, 2.75) is 19.5 Å². The predicted octanol–water partition coefficient (Wildman–Crippen LogP) is 3.27. The van der Waals surface area contributed by atoms with E-state index >= 15 is 0 Å². The van der Waals surface area contributed by atoms with E-state index < -0.39 is 0 Å². The fourth-order valence-electron chi connectivity index (χ4n) is 1.56. The average Bonchev–Trinajstić information content (AvgIpc) is 2.78. The standard InChI is InChI=1S/C13H14FNO/c1-10(11-4-2-5-12(14)8-11)15-9-13-6-3-7-16-13/h2-8,10,15H,9H2,1H3/t10-/m1/s1. The van der Waals surface area contributed by atoms with Gasteiger partial charge in [-0.25, -0.2) is 4.39 Å². The molecule has 0 aliphatic heterocycles. The van der Waals surface area contributed by atoms with Crippen molar-refractivity contribution in [2.75, 3.05) is 0 Å². The molecule has 0 saturated heterocycles. The lowest BCUT2D eigenvalue weighted by molar-refractivity contribution is 0.460. The third-order valence-corrected chi connectivity index (χ3v) is 2.51. The zero-order valence-electron chi connectivity index (χ0n) is 9.11. The molecular formula is C13H14FNO. The Morgan fingerprint density at radius 3 is 2.88 bits per heavy atom. The van der Waals surface area contributed by atoms with E-state index in [0.717, 1.165) is 11.3 Å². The SMILES string of the molecule is C[C@@H](NCc1ccco1)c1cccc(F)c1. The zero-order valence-corrected chi connectivity index (χ0v) is 9.11. The number of hydrogen-bond acceptors (Lipinski definition) is 2. The lowest BCUT2D eigenvalue weighted by Gasteiger charge is -2.13. The van der Waals surface area contributed by atoms with Crippen LogP contribution in [0.2, 0.25) is 0 Å². The first-order valence-corrected chi connectivity index (χ1v) is 5.27. The van der Waals surface area contributed by atoms with Crippen LogP contribution >= 0.6 is 0 Å². The van der Waals surface area contributed by atoms with Crippen molar-refractivity contribution in [3.63, 3.8) is 0 Å². The first-order valence-electron chi connectivity index (χ1n) is 5.27. The molecular weight excluding hydrogens is 205 g/mol. The fourth-order valence-corrected chi connectivity index (χ4v) is 1.56. The van der Waals surface area contributed by atoms with Crippen LogP contribution in [0.1, 0.15) is 24.3 Å². The van der Waals surface area contributed by atoms with E-state index in [1.54, 1.807) is 18.4 Å². The molecule has 1 aromatic carbocycles. The summed E-state index contributed by atoms with van der Waals surface area (Å²) >= 11 is 0. The highest BCUT2D eigenvalue weighted by Gasteiger charge is 2.06. The van der Waals surface area contributed by atoms with Gasteiger partial charge in [0.25, 0.3) is 0 Å². The van der Waals surface area contributed by atoms with Crippen LogP contribution in [-0.2, 0) is 6.54 Å². The van der Waals surface area contributed by atoms with Crippen LogP contribution in [0.5, 0.6) is 0 Å². The van der Waals surface area contributed by atoms with Gasteiger partial charge in [0.2, 0.25) is 0 Å². The zero-order chi connectivity index (χ0) is 11.4. The summed E-state index contributed by atoms with van der Waals surface area (Å²) in [6.45, 7) is 2.64. The molecule has 2 aromatic rings. The van der Waals surface area contributed by atoms with Gasteiger partial charge in [0.15, 0.2) is 0 Å². The number of benzene rings is 1. The van der Waals surface area contributed by atoms with Gasteiger partial charge in [-0.15, -0.1) is 0 Å². The van der Waals surface area contributed by atoms with E-state index in [2.05, 4.69) is 5.32 Å². The van der Waals surface area contributed by atoms with Crippen molar-refractivity contribution in [1.82, 2.24) is 5.32 Å². The minimum atomic E-state index is -0.204. The first-order chi connectivity index (χ1) is 7.75. The lowest BCUT2D eigenvalue weighted by Crippen LogP contribution is -2.17. The third-order valence-electron chi connectivity index (χ3n) is 2.51. The molecule has 0 bridgehead atoms. The summed E-state index contributed by atoms with van der Waals surface area (Å²) in [6, 6.07) is 10.5. The van der Waals surface area contributed by atoms with Crippen LogP contribution in [0.3, 0.4) is 0 Å². The molecule has 16 heavy (non-hydrogen) atoms. The van der Waals surface area contributed by atoms with Gasteiger partial charge >= 0.3 is 0 Å². The molecule has 0 aliphatic carbocycles. The number of nitrogens with one attached hydrogen (secondary N) is 1. The molecule has 1 N–H and O–H groups in total. The summed E-state index contributed by atoms with van der Waals surface area (Å²) in [5.74, 6) is 0.674. The molecule has 1 aromatic heterocycles. The number of hydrogen-bond donors (Lipinski definition) is 1. The Labute approximate surface area is 94.1 Å². The number of halogens is 1. The van der Waals surface area contributed by atoms with Gasteiger partial charge in [0.05, 0.1) is 12.8 Å². The number of furan rings is 1. The molecule has 0 unspecified atom stereocenters. The molecule has 2 rings (SSSR count). The highest BCUT2D eigenvalue weighted by Crippen LogP contribution is 2.14. The van der Waals surface area contributed by atoms with Crippen molar-refractivity contribution < 1.29 is 8.81 Å². The summed E-state index contributed by atoms with van der Waals surface area (Å²) in [6.07, 6.45) is 1.64. The second-order valence-electron chi connectivity index (χ2n) is 3.74. The molecule has 1 atom stereocenters. The largest absolute Gasteiger partial charge is 0.468 e. The highest BCUT2D eigenvalue weighted by atomic mass is 19.1. The second kappa shape index (κ2) is 4.94. The van der Waals surface area contributed by atoms with Crippen molar-refractivity contribution in [1.29, 1.82) is 0 Å². The molecule has 0 amide bonds. The van der Waals surface area contributed by atoms with E-state index in [9.17, 15) is 4.39 Å². The smallest absolute Gasteiger partial charge is 0.123 e. The Kier molecular flexibility index (Phi) is 3.37. The first kappa shape index (κ1) is 10.9. The predicted molar refractivity (Wildman–Crippen MR) is 60.4 cm³/mol. The normalized spacial score (nSPS) is 12.6. The second-order valence-corrected chi connectivity index (χ2v) is 3.74. The summed E-state index contributed by atoms with van der Waals surface area (Å²) in [4.78, 5) is 0. The summed E-state index contributed by atoms with van der Waals surface area (Å²) in [5, 5.41) is 3.27. The van der Waals surface area contributed by atoms with Crippen LogP contribution in [-0.4, -0.2) is 0 Å². The quantitative estimate of drug-likeness (QED) is 0.853. The molecule has 0 saturated carbocycles. The molecule has 3 heteroatoms. The Balaban J connectivity index is 1.95. The molecule has 84 valence electrons. The van der Waals surface area contributed by atoms with Gasteiger partial charge in [0, 0.05) is 6.04 Å². The van der Waals surface area contributed by atoms with E-state index in [0.29, 0.717) is 6.54 Å². The summed E-state index contributed by atoms with van der Waals surface area (Å²) in [7, 11) is 0. The highest BCUT2D eigenvalue weighted by molar-refractivity contribution is 5.19. The maximum absolute atomic E-state index is 13.0. The lowest BCUT2D eigenvalue weighted by atomic mass is 10.1. The van der Waals surface area contributed by atoms with E-state index in [1.165, 1.54) is 6.07 Å². The van der Waals surface area contributed by atoms with E-state index in [-0.39, 0.29) is 11.9 Å². The van der Waals surface area contributed by atoms with Gasteiger partial charge < -0.3 is 9.73 Å². The van der Waals surface area contributed by atoms with Crippen molar-refractivity contribution >= 4 is 0 Å². The van der Waals surface area contributed by atoms with Gasteiger partial charge in [-0.1, -0.05) is 12.1 Å². The monoisotopic (exact) mass is 219 g/mol. The van der Waals surface area contributed by atoms with Gasteiger partial charge in [-0.05, 0) is 36.8 Å². The van der Waals surface area contributed by atoms with Crippen LogP contribution in [0.15, 0.2) is 47.1 Å². The molecule has 0 spiro atoms. The van der Waals surface area contributed by atoms with Gasteiger partial charge in [-0.3, -0.25) is 0 Å². The van der Waals surface area contributed by atoms with E-state index in [4.69, 9.17) is 4.42 Å². The molecule has 2 nitrogen and oxygen atoms in total. The Morgan fingerprint density at radius 1 is 1.31 bits per heavy atom. The summed E-state index contributed by atoms with van der Waals surface area (Å²) < 4.78 is 18.2. The van der Waals surface area contributed by atoms with E-state index in [1.807, 2.05) is 25.1 Å². The maximum Gasteiger partial charge on any atom is 0.123 e. The minimum Gasteiger partial charge on any atom is -0.468 e. The van der Waals surface area contributed by atoms with Crippen molar-refractivity contribution in [2.24, 2.45) is 0 Å². The Bertz CT molecular complexity index is 439. The van der Waals surface area contributed by atoms with Crippen LogP contribution in [0.25, 0.3) is 0 Å². The third kappa shape index (κ3) is 2.70. The number of rotatable bonds is 4. The van der Waals surface area contributed by atoms with Gasteiger partial charge in [-0.2, -0.15) is 0 Å². The van der Waals surface area contributed by atoms with Gasteiger partial charge in [0.1, 0.15) is 11.6 Å². The molecule has 1 heterocycles. The van der Waals surface area contributed by atoms with Crippen molar-refractivity contribution in [3.05, 3.63) is 59.8 Å². The van der Waals surface area contributed by atoms with Crippen LogP contribution in [0.4, 0.5) is 4.39 Å². The Morgan fingerprint density at radius 2 is 2.19 bits per heavy atom. The van der Waals surface area contributed by atoms with Crippen LogP contribution in [0, 0.1) is 5.82 Å². The topological polar surface area (TPSA) is 25.2 Å². The fraction of sp³-hybridized carbons (Fsp3) is 0.231. The summed E-state index contributed by atoms with van der Waals surface area (Å²) in [5.41, 5.74) is 0.937. The molecule has 0 radical (unpaired) electrons. The minimum absolute atomic E-state index is 0.0980. The Hall–Kier alpha value is -1.61. The molecule has 0 aliphatic rings.